The zero-order chi connectivity index (χ0) is 10.2. The molecule has 0 amide bonds. The largest absolute Gasteiger partial charge is 0.351 e. The van der Waals surface area contributed by atoms with E-state index >= 15 is 0 Å². The van der Waals surface area contributed by atoms with E-state index in [0.29, 0.717) is 0 Å². The molecule has 0 atom stereocenters. The van der Waals surface area contributed by atoms with Crippen LogP contribution in [0.25, 0.3) is 0 Å². The van der Waals surface area contributed by atoms with Crippen LogP contribution in [-0.2, 0) is 9.47 Å². The first-order valence-corrected chi connectivity index (χ1v) is 5.45. The highest BCUT2D eigenvalue weighted by atomic mass is 16.7. The molecule has 0 aromatic rings. The van der Waals surface area contributed by atoms with E-state index in [1.54, 1.807) is 0 Å². The number of nitrogens with zero attached hydrogens (tertiary/aromatic N) is 1. The smallest absolute Gasteiger partial charge is 0.170 e. The van der Waals surface area contributed by atoms with Gasteiger partial charge < -0.3 is 19.7 Å². The van der Waals surface area contributed by atoms with Gasteiger partial charge in [-0.15, -0.1) is 0 Å². The minimum atomic E-state index is -0.0182. The summed E-state index contributed by atoms with van der Waals surface area (Å²) in [7, 11) is 2.10. The van der Waals surface area contributed by atoms with Gasteiger partial charge in [0, 0.05) is 19.6 Å². The zero-order valence-electron chi connectivity index (χ0n) is 9.29. The summed E-state index contributed by atoms with van der Waals surface area (Å²) in [4.78, 5) is 2.23. The summed E-state index contributed by atoms with van der Waals surface area (Å²) >= 11 is 0. The van der Waals surface area contributed by atoms with Crippen LogP contribution in [0.4, 0.5) is 0 Å². The van der Waals surface area contributed by atoms with Gasteiger partial charge in [-0.3, -0.25) is 0 Å². The molecule has 1 fully saturated rings. The summed E-state index contributed by atoms with van der Waals surface area (Å²) in [6, 6.07) is 0. The molecule has 0 unspecified atom stereocenters. The van der Waals surface area contributed by atoms with Crippen molar-refractivity contribution < 1.29 is 9.47 Å². The Morgan fingerprint density at radius 2 is 2.07 bits per heavy atom. The summed E-state index contributed by atoms with van der Waals surface area (Å²) < 4.78 is 10.9. The third kappa shape index (κ3) is 4.91. The number of nitrogens with one attached hydrogen (secondary N) is 1. The van der Waals surface area contributed by atoms with Crippen molar-refractivity contribution in [3.63, 3.8) is 0 Å². The van der Waals surface area contributed by atoms with E-state index in [0.717, 1.165) is 45.8 Å². The van der Waals surface area contributed by atoms with Gasteiger partial charge in [-0.2, -0.15) is 0 Å². The SMILES string of the molecule is CCNCCN(C)CC1OCCCO1. The Morgan fingerprint density at radius 3 is 2.71 bits per heavy atom. The van der Waals surface area contributed by atoms with Gasteiger partial charge in [0.25, 0.3) is 0 Å². The number of rotatable bonds is 6. The van der Waals surface area contributed by atoms with Gasteiger partial charge in [0.15, 0.2) is 6.29 Å². The van der Waals surface area contributed by atoms with Crippen LogP contribution in [0.3, 0.4) is 0 Å². The van der Waals surface area contributed by atoms with Crippen molar-refractivity contribution >= 4 is 0 Å². The van der Waals surface area contributed by atoms with Crippen molar-refractivity contribution in [2.45, 2.75) is 19.6 Å². The van der Waals surface area contributed by atoms with Crippen molar-refractivity contribution in [3.8, 4) is 0 Å². The monoisotopic (exact) mass is 202 g/mol. The van der Waals surface area contributed by atoms with Crippen LogP contribution in [0, 0.1) is 0 Å². The lowest BCUT2D eigenvalue weighted by molar-refractivity contribution is -0.184. The van der Waals surface area contributed by atoms with E-state index in [1.165, 1.54) is 0 Å². The number of hydrogen-bond donors (Lipinski definition) is 1. The van der Waals surface area contributed by atoms with E-state index in [9.17, 15) is 0 Å². The highest BCUT2D eigenvalue weighted by molar-refractivity contribution is 4.59. The molecular weight excluding hydrogens is 180 g/mol. The van der Waals surface area contributed by atoms with Crippen LogP contribution >= 0.6 is 0 Å². The van der Waals surface area contributed by atoms with E-state index in [1.807, 2.05) is 0 Å². The lowest BCUT2D eigenvalue weighted by atomic mass is 10.4. The molecule has 1 saturated heterocycles. The fourth-order valence-electron chi connectivity index (χ4n) is 1.43. The second-order valence-electron chi connectivity index (χ2n) is 3.64. The molecule has 84 valence electrons. The Kier molecular flexibility index (Phi) is 6.10. The molecule has 0 spiro atoms. The maximum Gasteiger partial charge on any atom is 0.170 e. The van der Waals surface area contributed by atoms with Crippen LogP contribution in [0.2, 0.25) is 0 Å². The zero-order valence-corrected chi connectivity index (χ0v) is 9.29. The molecule has 0 saturated carbocycles. The van der Waals surface area contributed by atoms with Gasteiger partial charge in [-0.1, -0.05) is 6.92 Å². The maximum atomic E-state index is 5.47. The first-order valence-electron chi connectivity index (χ1n) is 5.45. The molecular formula is C10H22N2O2. The third-order valence-electron chi connectivity index (χ3n) is 2.28. The first-order chi connectivity index (χ1) is 6.83. The minimum absolute atomic E-state index is 0.0182. The highest BCUT2D eigenvalue weighted by Gasteiger charge is 2.15. The van der Waals surface area contributed by atoms with Gasteiger partial charge in [0.1, 0.15) is 0 Å². The number of likely N-dealkylation sites (N-methyl/N-ethyl adjacent to an activating group) is 2. The van der Waals surface area contributed by atoms with Crippen LogP contribution in [0.5, 0.6) is 0 Å². The molecule has 4 nitrogen and oxygen atoms in total. The normalized spacial score (nSPS) is 19.1. The predicted molar refractivity (Wildman–Crippen MR) is 56.3 cm³/mol. The van der Waals surface area contributed by atoms with Crippen molar-refractivity contribution in [2.24, 2.45) is 0 Å². The summed E-state index contributed by atoms with van der Waals surface area (Å²) in [6.45, 7) is 7.76. The Morgan fingerprint density at radius 1 is 1.36 bits per heavy atom. The quantitative estimate of drug-likeness (QED) is 0.628. The van der Waals surface area contributed by atoms with Gasteiger partial charge in [0.2, 0.25) is 0 Å². The van der Waals surface area contributed by atoms with Gasteiger partial charge in [-0.25, -0.2) is 0 Å². The summed E-state index contributed by atoms with van der Waals surface area (Å²) in [6.07, 6.45) is 1.01. The van der Waals surface area contributed by atoms with Crippen LogP contribution < -0.4 is 5.32 Å². The maximum absolute atomic E-state index is 5.47. The lowest BCUT2D eigenvalue weighted by Gasteiger charge is -2.27. The number of hydrogen-bond acceptors (Lipinski definition) is 4. The average Bonchev–Trinajstić information content (AvgIpc) is 2.20. The third-order valence-corrected chi connectivity index (χ3v) is 2.28. The molecule has 0 bridgehead atoms. The molecule has 4 heteroatoms. The van der Waals surface area contributed by atoms with Crippen LogP contribution in [-0.4, -0.2) is 57.6 Å². The molecule has 1 aliphatic rings. The van der Waals surface area contributed by atoms with Gasteiger partial charge in [0.05, 0.1) is 13.2 Å². The van der Waals surface area contributed by atoms with E-state index in [4.69, 9.17) is 9.47 Å². The molecule has 0 radical (unpaired) electrons. The Balaban J connectivity index is 2.03. The summed E-state index contributed by atoms with van der Waals surface area (Å²) in [5, 5.41) is 3.29. The molecule has 1 rings (SSSR count). The fourth-order valence-corrected chi connectivity index (χ4v) is 1.43. The van der Waals surface area contributed by atoms with E-state index < -0.39 is 0 Å². The average molecular weight is 202 g/mol. The highest BCUT2D eigenvalue weighted by Crippen LogP contribution is 2.05. The topological polar surface area (TPSA) is 33.7 Å². The van der Waals surface area contributed by atoms with Crippen molar-refractivity contribution in [1.29, 1.82) is 0 Å². The molecule has 0 aromatic carbocycles. The van der Waals surface area contributed by atoms with Gasteiger partial charge in [-0.05, 0) is 20.0 Å². The van der Waals surface area contributed by atoms with E-state index in [2.05, 4.69) is 24.2 Å². The standard InChI is InChI=1S/C10H22N2O2/c1-3-11-5-6-12(2)9-10-13-7-4-8-14-10/h10-11H,3-9H2,1-2H3. The molecule has 0 aliphatic carbocycles. The molecule has 0 aromatic heterocycles. The van der Waals surface area contributed by atoms with Crippen molar-refractivity contribution in [2.75, 3.05) is 46.4 Å². The van der Waals surface area contributed by atoms with Gasteiger partial charge >= 0.3 is 0 Å². The molecule has 1 N–H and O–H groups in total. The minimum Gasteiger partial charge on any atom is -0.351 e. The van der Waals surface area contributed by atoms with E-state index in [-0.39, 0.29) is 6.29 Å². The predicted octanol–water partition coefficient (Wildman–Crippen LogP) is 0.291. The molecule has 1 aliphatic heterocycles. The Bertz CT molecular complexity index is 138. The van der Waals surface area contributed by atoms with Crippen LogP contribution in [0.1, 0.15) is 13.3 Å². The molecule has 14 heavy (non-hydrogen) atoms. The van der Waals surface area contributed by atoms with Crippen LogP contribution in [0.15, 0.2) is 0 Å². The fraction of sp³-hybridized carbons (Fsp3) is 1.00. The second kappa shape index (κ2) is 7.17. The summed E-state index contributed by atoms with van der Waals surface area (Å²) in [5.74, 6) is 0. The lowest BCUT2D eigenvalue weighted by Crippen LogP contribution is -2.39. The summed E-state index contributed by atoms with van der Waals surface area (Å²) in [5.41, 5.74) is 0. The second-order valence-corrected chi connectivity index (χ2v) is 3.64. The van der Waals surface area contributed by atoms with Crippen molar-refractivity contribution in [3.05, 3.63) is 0 Å². The Labute approximate surface area is 86.6 Å². The first kappa shape index (κ1) is 11.9. The van der Waals surface area contributed by atoms with Crippen molar-refractivity contribution in [1.82, 2.24) is 10.2 Å². The Hall–Kier alpha value is -0.160. The molecule has 1 heterocycles. The number of ether oxygens (including phenoxy) is 2.